The lowest BCUT2D eigenvalue weighted by atomic mass is 9.94. The topological polar surface area (TPSA) is 79.0 Å². The molecule has 0 aromatic heterocycles. The van der Waals surface area contributed by atoms with E-state index < -0.39 is 0 Å². The zero-order valence-electron chi connectivity index (χ0n) is 18.5. The Hall–Kier alpha value is -3.35. The van der Waals surface area contributed by atoms with Gasteiger partial charge in [-0.2, -0.15) is 0 Å². The van der Waals surface area contributed by atoms with Gasteiger partial charge in [0.1, 0.15) is 5.75 Å². The number of ether oxygens (including phenoxy) is 1. The Morgan fingerprint density at radius 1 is 0.969 bits per heavy atom. The molecular formula is C25H29N3O4. The Morgan fingerprint density at radius 2 is 1.62 bits per heavy atom. The van der Waals surface area contributed by atoms with Crippen molar-refractivity contribution in [2.45, 2.75) is 26.2 Å². The number of nitrogens with zero attached hydrogens (tertiary/aromatic N) is 2. The van der Waals surface area contributed by atoms with Crippen molar-refractivity contribution in [1.29, 1.82) is 0 Å². The number of carbonyl (C=O) groups excluding carboxylic acids is 3. The summed E-state index contributed by atoms with van der Waals surface area (Å²) in [4.78, 5) is 41.7. The van der Waals surface area contributed by atoms with E-state index in [2.05, 4.69) is 5.32 Å². The highest BCUT2D eigenvalue weighted by molar-refractivity contribution is 6.00. The lowest BCUT2D eigenvalue weighted by molar-refractivity contribution is -0.138. The third-order valence-corrected chi connectivity index (χ3v) is 6.35. The van der Waals surface area contributed by atoms with Crippen LogP contribution in [0.5, 0.6) is 5.75 Å². The van der Waals surface area contributed by atoms with Crippen LogP contribution in [0, 0.1) is 18.8 Å². The molecule has 2 aliphatic rings. The van der Waals surface area contributed by atoms with Gasteiger partial charge in [-0.05, 0) is 56.2 Å². The predicted molar refractivity (Wildman–Crippen MR) is 123 cm³/mol. The third-order valence-electron chi connectivity index (χ3n) is 6.35. The van der Waals surface area contributed by atoms with Crippen LogP contribution in [-0.4, -0.2) is 49.4 Å². The molecule has 0 radical (unpaired) electrons. The molecule has 7 heteroatoms. The summed E-state index contributed by atoms with van der Waals surface area (Å²) < 4.78 is 5.14. The Morgan fingerprint density at radius 3 is 2.25 bits per heavy atom. The van der Waals surface area contributed by atoms with E-state index in [4.69, 9.17) is 4.74 Å². The molecule has 1 atom stereocenters. The van der Waals surface area contributed by atoms with Crippen molar-refractivity contribution in [3.8, 4) is 5.75 Å². The number of aryl methyl sites for hydroxylation is 1. The minimum atomic E-state index is -0.325. The number of hydrogen-bond acceptors (Lipinski definition) is 4. The van der Waals surface area contributed by atoms with Crippen LogP contribution in [-0.2, 0) is 14.4 Å². The number of carbonyl (C=O) groups is 3. The Kier molecular flexibility index (Phi) is 6.44. The first-order valence-electron chi connectivity index (χ1n) is 11.1. The number of amides is 3. The van der Waals surface area contributed by atoms with Crippen molar-refractivity contribution < 1.29 is 19.1 Å². The van der Waals surface area contributed by atoms with Crippen LogP contribution < -0.4 is 15.0 Å². The lowest BCUT2D eigenvalue weighted by Gasteiger charge is -2.33. The second-order valence-electron chi connectivity index (χ2n) is 8.56. The quantitative estimate of drug-likeness (QED) is 0.782. The summed E-state index contributed by atoms with van der Waals surface area (Å²) in [5, 5.41) is 2.95. The number of nitrogens with one attached hydrogen (secondary N) is 1. The van der Waals surface area contributed by atoms with Crippen LogP contribution in [0.3, 0.4) is 0 Å². The third kappa shape index (κ3) is 4.77. The average Bonchev–Trinajstić information content (AvgIpc) is 3.21. The molecule has 0 spiro atoms. The molecule has 32 heavy (non-hydrogen) atoms. The van der Waals surface area contributed by atoms with E-state index in [0.29, 0.717) is 32.5 Å². The fourth-order valence-electron chi connectivity index (χ4n) is 4.39. The standard InChI is InChI=1S/C25H29N3O4/c1-17-3-7-21(8-4-17)28-16-19(15-23(28)29)25(31)27-13-11-18(12-14-27)24(30)26-20-5-9-22(32-2)10-6-20/h3-10,18-19H,11-16H2,1-2H3,(H,26,30)/t19-/m0/s1. The normalized spacial score (nSPS) is 19.2. The minimum absolute atomic E-state index is 0.0130. The van der Waals surface area contributed by atoms with Gasteiger partial charge in [-0.15, -0.1) is 0 Å². The van der Waals surface area contributed by atoms with E-state index >= 15 is 0 Å². The molecule has 0 saturated carbocycles. The zero-order chi connectivity index (χ0) is 22.7. The summed E-state index contributed by atoms with van der Waals surface area (Å²) in [7, 11) is 1.60. The molecule has 2 aromatic carbocycles. The Bertz CT molecular complexity index is 979. The first-order chi connectivity index (χ1) is 15.4. The largest absolute Gasteiger partial charge is 0.497 e. The van der Waals surface area contributed by atoms with Gasteiger partial charge in [0.15, 0.2) is 0 Å². The summed E-state index contributed by atoms with van der Waals surface area (Å²) in [5.41, 5.74) is 2.70. The van der Waals surface area contributed by atoms with Crippen molar-refractivity contribution in [1.82, 2.24) is 4.90 Å². The van der Waals surface area contributed by atoms with Crippen LogP contribution in [0.1, 0.15) is 24.8 Å². The number of methoxy groups -OCH3 is 1. The van der Waals surface area contributed by atoms with Crippen molar-refractivity contribution in [3.63, 3.8) is 0 Å². The van der Waals surface area contributed by atoms with Crippen LogP contribution in [0.15, 0.2) is 48.5 Å². The number of rotatable bonds is 5. The van der Waals surface area contributed by atoms with Gasteiger partial charge in [-0.1, -0.05) is 17.7 Å². The van der Waals surface area contributed by atoms with Gasteiger partial charge < -0.3 is 19.9 Å². The first-order valence-corrected chi connectivity index (χ1v) is 11.1. The molecule has 0 unspecified atom stereocenters. The highest BCUT2D eigenvalue weighted by atomic mass is 16.5. The zero-order valence-corrected chi connectivity index (χ0v) is 18.5. The van der Waals surface area contributed by atoms with Gasteiger partial charge in [0, 0.05) is 43.3 Å². The number of benzene rings is 2. The lowest BCUT2D eigenvalue weighted by Crippen LogP contribution is -2.44. The van der Waals surface area contributed by atoms with E-state index in [1.165, 1.54) is 0 Å². The van der Waals surface area contributed by atoms with Crippen molar-refractivity contribution in [2.75, 3.05) is 37.0 Å². The predicted octanol–water partition coefficient (Wildman–Crippen LogP) is 3.23. The number of piperidine rings is 1. The molecular weight excluding hydrogens is 406 g/mol. The van der Waals surface area contributed by atoms with E-state index in [1.807, 2.05) is 48.2 Å². The SMILES string of the molecule is COc1ccc(NC(=O)C2CCN(C(=O)[C@H]3CC(=O)N(c4ccc(C)cc4)C3)CC2)cc1. The van der Waals surface area contributed by atoms with E-state index in [9.17, 15) is 14.4 Å². The molecule has 3 amide bonds. The average molecular weight is 436 g/mol. The van der Waals surface area contributed by atoms with Crippen LogP contribution in [0.4, 0.5) is 11.4 Å². The number of anilines is 2. The molecule has 2 aliphatic heterocycles. The van der Waals surface area contributed by atoms with Crippen LogP contribution >= 0.6 is 0 Å². The Balaban J connectivity index is 1.29. The van der Waals surface area contributed by atoms with Gasteiger partial charge >= 0.3 is 0 Å². The maximum absolute atomic E-state index is 13.0. The number of likely N-dealkylation sites (tertiary alicyclic amines) is 1. The second-order valence-corrected chi connectivity index (χ2v) is 8.56. The summed E-state index contributed by atoms with van der Waals surface area (Å²) in [6.45, 7) is 3.49. The van der Waals surface area contributed by atoms with Crippen molar-refractivity contribution in [3.05, 3.63) is 54.1 Å². The van der Waals surface area contributed by atoms with Crippen molar-refractivity contribution >= 4 is 29.1 Å². The maximum Gasteiger partial charge on any atom is 0.228 e. The molecule has 0 bridgehead atoms. The van der Waals surface area contributed by atoms with E-state index in [1.54, 1.807) is 24.1 Å². The molecule has 0 aliphatic carbocycles. The van der Waals surface area contributed by atoms with Crippen LogP contribution in [0.2, 0.25) is 0 Å². The van der Waals surface area contributed by atoms with Crippen molar-refractivity contribution in [2.24, 2.45) is 11.8 Å². The van der Waals surface area contributed by atoms with Gasteiger partial charge in [0.25, 0.3) is 0 Å². The minimum Gasteiger partial charge on any atom is -0.497 e. The Labute approximate surface area is 188 Å². The highest BCUT2D eigenvalue weighted by Crippen LogP contribution is 2.28. The molecule has 168 valence electrons. The molecule has 2 fully saturated rings. The molecule has 1 N–H and O–H groups in total. The fraction of sp³-hybridized carbons (Fsp3) is 0.400. The summed E-state index contributed by atoms with van der Waals surface area (Å²) >= 11 is 0. The molecule has 2 saturated heterocycles. The van der Waals surface area contributed by atoms with Gasteiger partial charge in [0.2, 0.25) is 17.7 Å². The molecule has 4 rings (SSSR count). The summed E-state index contributed by atoms with van der Waals surface area (Å²) in [5.74, 6) is 0.261. The molecule has 2 aromatic rings. The first kappa shape index (κ1) is 21.9. The van der Waals surface area contributed by atoms with Gasteiger partial charge in [0.05, 0.1) is 13.0 Å². The van der Waals surface area contributed by atoms with Gasteiger partial charge in [-0.25, -0.2) is 0 Å². The summed E-state index contributed by atoms with van der Waals surface area (Å²) in [6.07, 6.45) is 1.48. The second kappa shape index (κ2) is 9.42. The van der Waals surface area contributed by atoms with Gasteiger partial charge in [-0.3, -0.25) is 14.4 Å². The molecule has 7 nitrogen and oxygen atoms in total. The summed E-state index contributed by atoms with van der Waals surface area (Å²) in [6, 6.07) is 15.0. The monoisotopic (exact) mass is 435 g/mol. The maximum atomic E-state index is 13.0. The van der Waals surface area contributed by atoms with Crippen LogP contribution in [0.25, 0.3) is 0 Å². The molecule has 2 heterocycles. The fourth-order valence-corrected chi connectivity index (χ4v) is 4.39. The van der Waals surface area contributed by atoms with E-state index in [-0.39, 0.29) is 36.0 Å². The highest BCUT2D eigenvalue weighted by Gasteiger charge is 2.38. The number of hydrogen-bond donors (Lipinski definition) is 1. The smallest absolute Gasteiger partial charge is 0.228 e. The van der Waals surface area contributed by atoms with E-state index in [0.717, 1.165) is 22.7 Å².